The highest BCUT2D eigenvalue weighted by molar-refractivity contribution is 5.91. The van der Waals surface area contributed by atoms with Crippen LogP contribution in [0.2, 0.25) is 0 Å². The molecule has 2 N–H and O–H groups in total. The van der Waals surface area contributed by atoms with Crippen LogP contribution in [0.25, 0.3) is 10.8 Å². The molecular formula is C22H24N2O. The van der Waals surface area contributed by atoms with Gasteiger partial charge in [0.2, 0.25) is 0 Å². The predicted molar refractivity (Wildman–Crippen MR) is 103 cm³/mol. The fraction of sp³-hybridized carbons (Fsp3) is 0.318. The van der Waals surface area contributed by atoms with E-state index in [-0.39, 0.29) is 11.5 Å². The number of rotatable bonds is 4. The lowest BCUT2D eigenvalue weighted by Crippen LogP contribution is -2.39. The summed E-state index contributed by atoms with van der Waals surface area (Å²) < 4.78 is 0. The van der Waals surface area contributed by atoms with E-state index >= 15 is 0 Å². The van der Waals surface area contributed by atoms with Crippen LogP contribution in [0.15, 0.2) is 66.9 Å². The smallest absolute Gasteiger partial charge is 0.133 e. The second-order valence-corrected chi connectivity index (χ2v) is 7.11. The number of nitrogens with one attached hydrogen (secondary N) is 1. The van der Waals surface area contributed by atoms with Gasteiger partial charge in [-0.2, -0.15) is 0 Å². The number of hydrogen-bond acceptors (Lipinski definition) is 3. The quantitative estimate of drug-likeness (QED) is 0.738. The van der Waals surface area contributed by atoms with Gasteiger partial charge in [0.05, 0.1) is 6.10 Å². The minimum absolute atomic E-state index is 0.0547. The average Bonchev–Trinajstić information content (AvgIpc) is 2.68. The zero-order valence-corrected chi connectivity index (χ0v) is 14.4. The molecule has 0 bridgehead atoms. The molecule has 1 heterocycles. The Bertz CT molecular complexity index is 834. The zero-order chi connectivity index (χ0) is 17.1. The van der Waals surface area contributed by atoms with Crippen LogP contribution < -0.4 is 5.32 Å². The highest BCUT2D eigenvalue weighted by atomic mass is 16.3. The minimum Gasteiger partial charge on any atom is -0.393 e. The molecule has 1 fully saturated rings. The molecule has 0 saturated heterocycles. The highest BCUT2D eigenvalue weighted by Gasteiger charge is 2.36. The molecule has 0 unspecified atom stereocenters. The van der Waals surface area contributed by atoms with Gasteiger partial charge in [-0.3, -0.25) is 0 Å². The summed E-state index contributed by atoms with van der Waals surface area (Å²) in [5, 5.41) is 16.0. The summed E-state index contributed by atoms with van der Waals surface area (Å²) in [7, 11) is 0. The van der Waals surface area contributed by atoms with Crippen LogP contribution in [-0.2, 0) is 5.41 Å². The molecule has 3 aromatic rings. The first kappa shape index (κ1) is 16.1. The number of anilines is 1. The van der Waals surface area contributed by atoms with E-state index in [1.807, 2.05) is 12.3 Å². The van der Waals surface area contributed by atoms with Gasteiger partial charge >= 0.3 is 0 Å². The van der Waals surface area contributed by atoms with Crippen LogP contribution in [0.1, 0.15) is 31.2 Å². The topological polar surface area (TPSA) is 45.1 Å². The fourth-order valence-corrected chi connectivity index (χ4v) is 4.03. The Hall–Kier alpha value is -2.39. The molecule has 4 rings (SSSR count). The number of nitrogens with zero attached hydrogens (tertiary/aromatic N) is 1. The Morgan fingerprint density at radius 3 is 2.48 bits per heavy atom. The third-order valence-electron chi connectivity index (χ3n) is 5.57. The van der Waals surface area contributed by atoms with Gasteiger partial charge in [-0.1, -0.05) is 54.6 Å². The molecular weight excluding hydrogens is 308 g/mol. The second kappa shape index (κ2) is 6.85. The highest BCUT2D eigenvalue weighted by Crippen LogP contribution is 2.40. The van der Waals surface area contributed by atoms with Crippen molar-refractivity contribution in [3.05, 3.63) is 72.4 Å². The van der Waals surface area contributed by atoms with Crippen LogP contribution >= 0.6 is 0 Å². The number of fused-ring (bicyclic) bond motifs is 1. The Morgan fingerprint density at radius 2 is 1.68 bits per heavy atom. The van der Waals surface area contributed by atoms with Crippen molar-refractivity contribution in [2.45, 2.75) is 37.2 Å². The summed E-state index contributed by atoms with van der Waals surface area (Å²) in [6, 6.07) is 21.1. The molecule has 0 aliphatic heterocycles. The fourth-order valence-electron chi connectivity index (χ4n) is 4.03. The minimum atomic E-state index is -0.160. The maximum atomic E-state index is 9.98. The van der Waals surface area contributed by atoms with Crippen LogP contribution in [0.5, 0.6) is 0 Å². The first-order valence-corrected chi connectivity index (χ1v) is 9.08. The predicted octanol–water partition coefficient (Wildman–Crippen LogP) is 4.52. The molecule has 3 heteroatoms. The number of aromatic nitrogens is 1. The molecule has 2 aromatic carbocycles. The lowest BCUT2D eigenvalue weighted by atomic mass is 9.68. The van der Waals surface area contributed by atoms with Crippen LogP contribution in [-0.4, -0.2) is 22.7 Å². The van der Waals surface area contributed by atoms with E-state index in [1.54, 1.807) is 0 Å². The van der Waals surface area contributed by atoms with Crippen LogP contribution in [0.4, 0.5) is 5.82 Å². The summed E-state index contributed by atoms with van der Waals surface area (Å²) in [6.45, 7) is 0.838. The van der Waals surface area contributed by atoms with Crippen molar-refractivity contribution >= 4 is 16.6 Å². The van der Waals surface area contributed by atoms with Crippen molar-refractivity contribution in [1.29, 1.82) is 0 Å². The lowest BCUT2D eigenvalue weighted by Gasteiger charge is -2.40. The van der Waals surface area contributed by atoms with Crippen molar-refractivity contribution in [1.82, 2.24) is 4.98 Å². The van der Waals surface area contributed by atoms with Crippen LogP contribution in [0, 0.1) is 0 Å². The number of hydrogen-bond donors (Lipinski definition) is 2. The Labute approximate surface area is 148 Å². The van der Waals surface area contributed by atoms with Crippen molar-refractivity contribution in [3.63, 3.8) is 0 Å². The van der Waals surface area contributed by atoms with Gasteiger partial charge in [0.15, 0.2) is 0 Å². The monoisotopic (exact) mass is 332 g/mol. The van der Waals surface area contributed by atoms with Crippen molar-refractivity contribution in [3.8, 4) is 0 Å². The molecule has 0 radical (unpaired) electrons. The standard InChI is InChI=1S/C22H24N2O/c25-19-10-13-22(14-11-19,18-7-2-1-3-8-18)16-24-21-20-9-5-4-6-17(20)12-15-23-21/h1-9,12,15,19,25H,10-11,13-14,16H2,(H,23,24). The van der Waals surface area contributed by atoms with Crippen molar-refractivity contribution in [2.24, 2.45) is 0 Å². The van der Waals surface area contributed by atoms with Gasteiger partial charge in [0.25, 0.3) is 0 Å². The molecule has 1 aliphatic carbocycles. The number of benzene rings is 2. The number of aliphatic hydroxyl groups is 1. The van der Waals surface area contributed by atoms with E-state index in [0.717, 1.165) is 43.4 Å². The van der Waals surface area contributed by atoms with Gasteiger partial charge in [-0.15, -0.1) is 0 Å². The summed E-state index contributed by atoms with van der Waals surface area (Å²) in [6.07, 6.45) is 5.42. The van der Waals surface area contributed by atoms with Crippen molar-refractivity contribution < 1.29 is 5.11 Å². The summed E-state index contributed by atoms with van der Waals surface area (Å²) in [5.41, 5.74) is 1.41. The van der Waals surface area contributed by atoms with E-state index in [1.165, 1.54) is 10.9 Å². The molecule has 0 atom stereocenters. The molecule has 1 saturated carbocycles. The third-order valence-corrected chi connectivity index (χ3v) is 5.57. The number of aliphatic hydroxyl groups excluding tert-OH is 1. The summed E-state index contributed by atoms with van der Waals surface area (Å²) >= 11 is 0. The van der Waals surface area contributed by atoms with Gasteiger partial charge in [-0.25, -0.2) is 4.98 Å². The Balaban J connectivity index is 1.63. The Morgan fingerprint density at radius 1 is 0.960 bits per heavy atom. The molecule has 0 spiro atoms. The molecule has 25 heavy (non-hydrogen) atoms. The summed E-state index contributed by atoms with van der Waals surface area (Å²) in [4.78, 5) is 4.57. The first-order chi connectivity index (χ1) is 12.3. The van der Waals surface area contributed by atoms with E-state index < -0.39 is 0 Å². The maximum absolute atomic E-state index is 9.98. The molecule has 0 amide bonds. The van der Waals surface area contributed by atoms with Crippen molar-refractivity contribution in [2.75, 3.05) is 11.9 Å². The van der Waals surface area contributed by atoms with E-state index in [2.05, 4.69) is 64.9 Å². The third kappa shape index (κ3) is 3.24. The van der Waals surface area contributed by atoms with E-state index in [4.69, 9.17) is 0 Å². The first-order valence-electron chi connectivity index (χ1n) is 9.08. The SMILES string of the molecule is OC1CCC(CNc2nccc3ccccc23)(c2ccccc2)CC1. The van der Waals surface area contributed by atoms with E-state index in [0.29, 0.717) is 0 Å². The van der Waals surface area contributed by atoms with Crippen LogP contribution in [0.3, 0.4) is 0 Å². The van der Waals surface area contributed by atoms with Gasteiger partial charge in [0.1, 0.15) is 5.82 Å². The summed E-state index contributed by atoms with van der Waals surface area (Å²) in [5.74, 6) is 0.944. The number of pyridine rings is 1. The van der Waals surface area contributed by atoms with Gasteiger partial charge < -0.3 is 10.4 Å². The second-order valence-electron chi connectivity index (χ2n) is 7.11. The van der Waals surface area contributed by atoms with Gasteiger partial charge in [-0.05, 0) is 42.7 Å². The normalized spacial score (nSPS) is 23.5. The largest absolute Gasteiger partial charge is 0.393 e. The lowest BCUT2D eigenvalue weighted by molar-refractivity contribution is 0.0987. The molecule has 3 nitrogen and oxygen atoms in total. The maximum Gasteiger partial charge on any atom is 0.133 e. The van der Waals surface area contributed by atoms with E-state index in [9.17, 15) is 5.11 Å². The Kier molecular flexibility index (Phi) is 4.41. The average molecular weight is 332 g/mol. The molecule has 128 valence electrons. The molecule has 1 aliphatic rings. The van der Waals surface area contributed by atoms with Gasteiger partial charge in [0, 0.05) is 23.5 Å². The zero-order valence-electron chi connectivity index (χ0n) is 14.4. The molecule has 1 aromatic heterocycles.